The summed E-state index contributed by atoms with van der Waals surface area (Å²) in [6.07, 6.45) is 1.58. The average Bonchev–Trinajstić information content (AvgIpc) is 1.59. The molecule has 0 saturated carbocycles. The van der Waals surface area contributed by atoms with Gasteiger partial charge in [0.25, 0.3) is 0 Å². The molecule has 0 spiro atoms. The molecule has 0 aromatic rings. The van der Waals surface area contributed by atoms with Crippen molar-refractivity contribution in [2.45, 2.75) is 25.8 Å². The number of hydrogen-bond acceptors (Lipinski definition) is 3. The van der Waals surface area contributed by atoms with Crippen LogP contribution in [0.5, 0.6) is 0 Å². The molecule has 0 aliphatic heterocycles. The third-order valence-corrected chi connectivity index (χ3v) is 1.89. The van der Waals surface area contributed by atoms with Crippen LogP contribution in [0.3, 0.4) is 0 Å². The smallest absolute Gasteiger partial charge is 0.390 e. The third-order valence-electron chi connectivity index (χ3n) is 0.866. The second-order valence-electron chi connectivity index (χ2n) is 1.88. The minimum absolute atomic E-state index is 0. The van der Waals surface area contributed by atoms with Crippen molar-refractivity contribution < 1.29 is 211 Å². The first-order valence-electron chi connectivity index (χ1n) is 2.73. The van der Waals surface area contributed by atoms with Crippen LogP contribution >= 0.6 is 0 Å². The van der Waals surface area contributed by atoms with Crippen LogP contribution in [0.1, 0.15) is 19.8 Å². The Labute approximate surface area is 238 Å². The van der Waals surface area contributed by atoms with Crippen LogP contribution in [0.15, 0.2) is 0 Å². The molecule has 3 N–H and O–H groups in total. The first kappa shape index (κ1) is 42.8. The van der Waals surface area contributed by atoms with Gasteiger partial charge in [-0.15, -0.1) is 0 Å². The molecule has 6 radical (unpaired) electrons. The van der Waals surface area contributed by atoms with E-state index in [-0.39, 0.29) is 202 Å². The summed E-state index contributed by atoms with van der Waals surface area (Å²) in [6, 6.07) is 0.170. The molecule has 14 heavy (non-hydrogen) atoms. The summed E-state index contributed by atoms with van der Waals surface area (Å²) < 4.78 is 0. The van der Waals surface area contributed by atoms with Gasteiger partial charge in [0, 0.05) is 202 Å². The Bertz CT molecular complexity index is 72.6. The maximum atomic E-state index is 8.40. The fourth-order valence-electron chi connectivity index (χ4n) is 0.414. The molecule has 0 rings (SSSR count). The Morgan fingerprint density at radius 2 is 1.07 bits per heavy atom. The van der Waals surface area contributed by atoms with Crippen molar-refractivity contribution in [2.24, 2.45) is 0 Å². The van der Waals surface area contributed by atoms with E-state index in [2.05, 4.69) is 0 Å². The summed E-state index contributed by atoms with van der Waals surface area (Å²) in [5.74, 6) is 0. The van der Waals surface area contributed by atoms with Crippen LogP contribution < -0.4 is 0 Å². The summed E-state index contributed by atoms with van der Waals surface area (Å²) in [7, 11) is -3.68. The molecule has 0 bridgehead atoms. The van der Waals surface area contributed by atoms with E-state index < -0.39 is 8.80 Å². The largest absolute Gasteiger partial charge is 0.492 e. The van der Waals surface area contributed by atoms with Crippen molar-refractivity contribution in [3.8, 4) is 0 Å². The molecule has 0 aliphatic carbocycles. The van der Waals surface area contributed by atoms with E-state index in [9.17, 15) is 0 Å². The normalized spacial score (nSPS) is 6.86. The van der Waals surface area contributed by atoms with Crippen LogP contribution in [0, 0.1) is 0 Å². The summed E-state index contributed by atoms with van der Waals surface area (Å²) >= 11 is 0. The van der Waals surface area contributed by atoms with Crippen molar-refractivity contribution in [1.29, 1.82) is 0 Å². The summed E-state index contributed by atoms with van der Waals surface area (Å²) in [5.41, 5.74) is 0. The molecule has 0 atom stereocenters. The molecule has 0 aromatic carbocycles. The molecule has 3 nitrogen and oxygen atoms in total. The second kappa shape index (κ2) is 28.0. The Morgan fingerprint density at radius 1 is 0.786 bits per heavy atom. The van der Waals surface area contributed by atoms with Gasteiger partial charge in [-0.2, -0.15) is 0 Å². The molecule has 0 aliphatic rings. The van der Waals surface area contributed by atoms with E-state index in [0.29, 0.717) is 6.42 Å². The minimum Gasteiger partial charge on any atom is -0.390 e. The van der Waals surface area contributed by atoms with Gasteiger partial charge in [-0.3, -0.25) is 0 Å². The summed E-state index contributed by atoms with van der Waals surface area (Å²) in [4.78, 5) is 25.2. The first-order valence-corrected chi connectivity index (χ1v) is 4.78. The molecular formula is C4H12O3SiY6. The third kappa shape index (κ3) is 42.8. The maximum absolute atomic E-state index is 8.40. The fourth-order valence-corrected chi connectivity index (χ4v) is 1.24. The molecule has 0 heterocycles. The quantitative estimate of drug-likeness (QED) is 0.362. The van der Waals surface area contributed by atoms with Crippen LogP contribution in [0.25, 0.3) is 0 Å². The molecule has 0 saturated heterocycles. The predicted octanol–water partition coefficient (Wildman–Crippen LogP) is -0.313. The van der Waals surface area contributed by atoms with Gasteiger partial charge in [-0.25, -0.2) is 0 Å². The van der Waals surface area contributed by atoms with E-state index in [0.717, 1.165) is 6.42 Å². The van der Waals surface area contributed by atoms with Crippen molar-refractivity contribution in [3.05, 3.63) is 0 Å². The zero-order valence-electron chi connectivity index (χ0n) is 8.43. The Hall–Kier alpha value is 6.72. The van der Waals surface area contributed by atoms with Crippen molar-refractivity contribution in [3.63, 3.8) is 0 Å². The van der Waals surface area contributed by atoms with Crippen LogP contribution in [-0.4, -0.2) is 23.2 Å². The molecule has 0 unspecified atom stereocenters. The fraction of sp³-hybridized carbons (Fsp3) is 1.00. The zero-order chi connectivity index (χ0) is 6.62. The summed E-state index contributed by atoms with van der Waals surface area (Å²) in [6.45, 7) is 1.93. The standard InChI is InChI=1S/C4H12O3Si.6Y/c1-2-3-4-8(5,6)7;;;;;;/h5-7H,2-4H2,1H3;;;;;;. The van der Waals surface area contributed by atoms with Gasteiger partial charge in [0.05, 0.1) is 0 Å². The molecule has 0 fully saturated rings. The van der Waals surface area contributed by atoms with Crippen molar-refractivity contribution in [2.75, 3.05) is 0 Å². The topological polar surface area (TPSA) is 60.7 Å². The number of unbranched alkanes of at least 4 members (excludes halogenated alkanes) is 1. The average molecular weight is 670 g/mol. The molecular weight excluding hydrogens is 658 g/mol. The van der Waals surface area contributed by atoms with Crippen LogP contribution in [0.4, 0.5) is 0 Å². The van der Waals surface area contributed by atoms with E-state index >= 15 is 0 Å². The predicted molar refractivity (Wildman–Crippen MR) is 32.1 cm³/mol. The SMILES string of the molecule is CCCC[Si](O)(O)O.[Y].[Y].[Y].[Y].[Y].[Y]. The minimum atomic E-state index is -3.68. The Balaban J connectivity index is -0.0000000163. The Morgan fingerprint density at radius 3 is 1.14 bits per heavy atom. The second-order valence-corrected chi connectivity index (χ2v) is 3.93. The molecule has 0 amide bonds. The van der Waals surface area contributed by atoms with Gasteiger partial charge in [0.2, 0.25) is 0 Å². The van der Waals surface area contributed by atoms with E-state index in [1.165, 1.54) is 0 Å². The van der Waals surface area contributed by atoms with Gasteiger partial charge in [-0.1, -0.05) is 13.3 Å². The van der Waals surface area contributed by atoms with Gasteiger partial charge >= 0.3 is 8.80 Å². The maximum Gasteiger partial charge on any atom is 0.492 e. The van der Waals surface area contributed by atoms with E-state index in [1.807, 2.05) is 6.92 Å². The van der Waals surface area contributed by atoms with Crippen molar-refractivity contribution in [1.82, 2.24) is 0 Å². The van der Waals surface area contributed by atoms with Gasteiger partial charge in [0.15, 0.2) is 0 Å². The molecule has 10 heteroatoms. The summed E-state index contributed by atoms with van der Waals surface area (Å²) in [5, 5.41) is 0. The van der Waals surface area contributed by atoms with Crippen LogP contribution in [0.2, 0.25) is 6.04 Å². The number of rotatable bonds is 3. The monoisotopic (exact) mass is 669 g/mol. The number of hydrogen-bond donors (Lipinski definition) is 3. The molecule has 68 valence electrons. The molecule has 0 aromatic heterocycles. The van der Waals surface area contributed by atoms with Gasteiger partial charge in [-0.05, 0) is 6.42 Å². The van der Waals surface area contributed by atoms with E-state index in [4.69, 9.17) is 14.4 Å². The van der Waals surface area contributed by atoms with Crippen LogP contribution in [-0.2, 0) is 196 Å². The Kier molecular flexibility index (Phi) is 85.5. The van der Waals surface area contributed by atoms with Crippen molar-refractivity contribution >= 4 is 8.80 Å². The van der Waals surface area contributed by atoms with Gasteiger partial charge in [0.1, 0.15) is 0 Å². The first-order chi connectivity index (χ1) is 3.56. The van der Waals surface area contributed by atoms with Gasteiger partial charge < -0.3 is 14.4 Å². The zero-order valence-corrected chi connectivity index (χ0v) is 26.5. The van der Waals surface area contributed by atoms with E-state index in [1.54, 1.807) is 0 Å².